The van der Waals surface area contributed by atoms with Crippen LogP contribution in [0.3, 0.4) is 0 Å². The third-order valence-electron chi connectivity index (χ3n) is 4.59. The molecule has 0 unspecified atom stereocenters. The average Bonchev–Trinajstić information content (AvgIpc) is 2.60. The molecular weight excluding hydrogens is 222 g/mol. The van der Waals surface area contributed by atoms with Crippen molar-refractivity contribution in [3.05, 3.63) is 0 Å². The van der Waals surface area contributed by atoms with Gasteiger partial charge in [-0.05, 0) is 19.3 Å². The maximum absolute atomic E-state index is 11.8. The monoisotopic (exact) mass is 253 g/mol. The van der Waals surface area contributed by atoms with Gasteiger partial charge in [0.15, 0.2) is 0 Å². The van der Waals surface area contributed by atoms with Crippen LogP contribution in [-0.2, 0) is 4.79 Å². The third kappa shape index (κ3) is 4.99. The molecule has 0 aromatic rings. The zero-order valence-corrected chi connectivity index (χ0v) is 12.2. The van der Waals surface area contributed by atoms with Crippen LogP contribution >= 0.6 is 0 Å². The van der Waals surface area contributed by atoms with Crippen LogP contribution in [0.2, 0.25) is 0 Å². The lowest BCUT2D eigenvalue weighted by Gasteiger charge is -2.29. The number of unbranched alkanes of at least 4 members (excludes halogenated alkanes) is 5. The van der Waals surface area contributed by atoms with Crippen molar-refractivity contribution in [3.63, 3.8) is 0 Å². The first-order chi connectivity index (χ1) is 8.71. The van der Waals surface area contributed by atoms with E-state index in [4.69, 9.17) is 5.73 Å². The number of hydrogen-bond acceptors (Lipinski definition) is 1. The molecule has 1 amide bonds. The van der Waals surface area contributed by atoms with Crippen LogP contribution in [0.5, 0.6) is 0 Å². The van der Waals surface area contributed by atoms with Crippen molar-refractivity contribution in [1.82, 2.24) is 0 Å². The second-order valence-electron chi connectivity index (χ2n) is 6.08. The Bertz CT molecular complexity index is 229. The van der Waals surface area contributed by atoms with Crippen LogP contribution in [0.25, 0.3) is 0 Å². The van der Waals surface area contributed by atoms with E-state index in [1.807, 2.05) is 0 Å². The number of carbonyl (C=O) groups is 1. The first-order valence-electron chi connectivity index (χ1n) is 8.01. The number of carbonyl (C=O) groups excluding carboxylic acids is 1. The van der Waals surface area contributed by atoms with Gasteiger partial charge in [-0.15, -0.1) is 0 Å². The first-order valence-corrected chi connectivity index (χ1v) is 8.01. The van der Waals surface area contributed by atoms with Crippen LogP contribution < -0.4 is 5.73 Å². The van der Waals surface area contributed by atoms with E-state index in [0.29, 0.717) is 0 Å². The van der Waals surface area contributed by atoms with Gasteiger partial charge in [0, 0.05) is 5.41 Å². The molecule has 2 N–H and O–H groups in total. The zero-order valence-electron chi connectivity index (χ0n) is 12.2. The Morgan fingerprint density at radius 3 is 2.06 bits per heavy atom. The topological polar surface area (TPSA) is 43.1 Å². The minimum atomic E-state index is -0.152. The van der Waals surface area contributed by atoms with E-state index < -0.39 is 0 Å². The molecule has 2 heteroatoms. The quantitative estimate of drug-likeness (QED) is 0.500. The van der Waals surface area contributed by atoms with Gasteiger partial charge in [-0.3, -0.25) is 4.79 Å². The van der Waals surface area contributed by atoms with Crippen LogP contribution in [-0.4, -0.2) is 5.91 Å². The summed E-state index contributed by atoms with van der Waals surface area (Å²) >= 11 is 0. The fourth-order valence-electron chi connectivity index (χ4n) is 3.27. The lowest BCUT2D eigenvalue weighted by Crippen LogP contribution is -2.36. The Hall–Kier alpha value is -0.530. The molecule has 18 heavy (non-hydrogen) atoms. The van der Waals surface area contributed by atoms with Crippen LogP contribution in [0.4, 0.5) is 0 Å². The van der Waals surface area contributed by atoms with Gasteiger partial charge in [0.1, 0.15) is 0 Å². The summed E-state index contributed by atoms with van der Waals surface area (Å²) < 4.78 is 0. The lowest BCUT2D eigenvalue weighted by molar-refractivity contribution is -0.129. The lowest BCUT2D eigenvalue weighted by atomic mass is 9.75. The van der Waals surface area contributed by atoms with Gasteiger partial charge in [-0.1, -0.05) is 71.1 Å². The summed E-state index contributed by atoms with van der Waals surface area (Å²) in [6.45, 7) is 2.24. The fraction of sp³-hybridized carbons (Fsp3) is 0.938. The normalized spacial score (nSPS) is 19.4. The standard InChI is InChI=1S/C16H31NO/c1-2-3-4-5-6-9-12-16(15(17)18)13-10-7-8-11-14-16/h2-14H2,1H3,(H2,17,18). The summed E-state index contributed by atoms with van der Waals surface area (Å²) in [5.41, 5.74) is 5.54. The van der Waals surface area contributed by atoms with E-state index >= 15 is 0 Å². The Morgan fingerprint density at radius 1 is 0.944 bits per heavy atom. The maximum Gasteiger partial charge on any atom is 0.223 e. The van der Waals surface area contributed by atoms with Gasteiger partial charge in [0.05, 0.1) is 0 Å². The van der Waals surface area contributed by atoms with Gasteiger partial charge >= 0.3 is 0 Å². The molecule has 106 valence electrons. The highest BCUT2D eigenvalue weighted by Crippen LogP contribution is 2.39. The van der Waals surface area contributed by atoms with Gasteiger partial charge in [0.25, 0.3) is 0 Å². The average molecular weight is 253 g/mol. The summed E-state index contributed by atoms with van der Waals surface area (Å²) in [5, 5.41) is 0. The van der Waals surface area contributed by atoms with E-state index in [2.05, 4.69) is 6.92 Å². The van der Waals surface area contributed by atoms with Crippen molar-refractivity contribution in [1.29, 1.82) is 0 Å². The molecule has 0 radical (unpaired) electrons. The van der Waals surface area contributed by atoms with Crippen molar-refractivity contribution >= 4 is 5.91 Å². The number of rotatable bonds is 8. The predicted octanol–water partition coefficient (Wildman–Crippen LogP) is 4.56. The second-order valence-corrected chi connectivity index (χ2v) is 6.08. The van der Waals surface area contributed by atoms with Crippen LogP contribution in [0, 0.1) is 5.41 Å². The number of amides is 1. The summed E-state index contributed by atoms with van der Waals surface area (Å²) in [5.74, 6) is -0.0297. The minimum absolute atomic E-state index is 0.0297. The van der Waals surface area contributed by atoms with Gasteiger partial charge in [-0.25, -0.2) is 0 Å². The largest absolute Gasteiger partial charge is 0.369 e. The summed E-state index contributed by atoms with van der Waals surface area (Å²) in [6.07, 6.45) is 15.8. The SMILES string of the molecule is CCCCCCCCC1(C(N)=O)CCCCCC1. The Labute approximate surface area is 113 Å². The first kappa shape index (κ1) is 15.5. The van der Waals surface area contributed by atoms with Crippen molar-refractivity contribution in [2.75, 3.05) is 0 Å². The van der Waals surface area contributed by atoms with E-state index in [1.165, 1.54) is 64.2 Å². The molecule has 0 spiro atoms. The highest BCUT2D eigenvalue weighted by Gasteiger charge is 2.35. The molecular formula is C16H31NO. The van der Waals surface area contributed by atoms with Crippen molar-refractivity contribution in [3.8, 4) is 0 Å². The molecule has 1 fully saturated rings. The van der Waals surface area contributed by atoms with Gasteiger partial charge in [-0.2, -0.15) is 0 Å². The molecule has 1 aliphatic rings. The highest BCUT2D eigenvalue weighted by molar-refractivity contribution is 5.80. The maximum atomic E-state index is 11.8. The van der Waals surface area contributed by atoms with Gasteiger partial charge < -0.3 is 5.73 Å². The molecule has 1 saturated carbocycles. The zero-order chi connectivity index (χ0) is 13.3. The molecule has 0 aromatic heterocycles. The molecule has 0 heterocycles. The molecule has 0 atom stereocenters. The van der Waals surface area contributed by atoms with E-state index in [1.54, 1.807) is 0 Å². The Balaban J connectivity index is 2.31. The van der Waals surface area contributed by atoms with Gasteiger partial charge in [0.2, 0.25) is 5.91 Å². The van der Waals surface area contributed by atoms with Crippen LogP contribution in [0.15, 0.2) is 0 Å². The molecule has 0 bridgehead atoms. The smallest absolute Gasteiger partial charge is 0.223 e. The van der Waals surface area contributed by atoms with E-state index in [0.717, 1.165) is 19.3 Å². The number of primary amides is 1. The minimum Gasteiger partial charge on any atom is -0.369 e. The third-order valence-corrected chi connectivity index (χ3v) is 4.59. The van der Waals surface area contributed by atoms with E-state index in [-0.39, 0.29) is 11.3 Å². The van der Waals surface area contributed by atoms with Crippen molar-refractivity contribution in [2.45, 2.75) is 90.4 Å². The molecule has 0 saturated heterocycles. The molecule has 0 aliphatic heterocycles. The fourth-order valence-corrected chi connectivity index (χ4v) is 3.27. The van der Waals surface area contributed by atoms with Crippen LogP contribution in [0.1, 0.15) is 90.4 Å². The van der Waals surface area contributed by atoms with E-state index in [9.17, 15) is 4.79 Å². The Kier molecular flexibility index (Phi) is 7.38. The molecule has 1 rings (SSSR count). The summed E-state index contributed by atoms with van der Waals surface area (Å²) in [6, 6.07) is 0. The number of hydrogen-bond donors (Lipinski definition) is 1. The predicted molar refractivity (Wildman–Crippen MR) is 77.3 cm³/mol. The number of nitrogens with two attached hydrogens (primary N) is 1. The highest BCUT2D eigenvalue weighted by atomic mass is 16.1. The summed E-state index contributed by atoms with van der Waals surface area (Å²) in [4.78, 5) is 11.8. The van der Waals surface area contributed by atoms with Crippen molar-refractivity contribution in [2.24, 2.45) is 11.1 Å². The summed E-state index contributed by atoms with van der Waals surface area (Å²) in [7, 11) is 0. The second kappa shape index (κ2) is 8.55. The molecule has 1 aliphatic carbocycles. The molecule has 2 nitrogen and oxygen atoms in total. The molecule has 0 aromatic carbocycles. The Morgan fingerprint density at radius 2 is 1.50 bits per heavy atom. The van der Waals surface area contributed by atoms with Crippen molar-refractivity contribution < 1.29 is 4.79 Å².